The van der Waals surface area contributed by atoms with Crippen molar-refractivity contribution < 1.29 is 4.79 Å². The summed E-state index contributed by atoms with van der Waals surface area (Å²) in [6.45, 7) is 6.66. The Morgan fingerprint density at radius 2 is 2.00 bits per heavy atom. The molecular weight excluding hydrogens is 260 g/mol. The van der Waals surface area contributed by atoms with E-state index in [4.69, 9.17) is 0 Å². The zero-order valence-corrected chi connectivity index (χ0v) is 12.1. The zero-order chi connectivity index (χ0) is 14.8. The van der Waals surface area contributed by atoms with Crippen LogP contribution in [0.25, 0.3) is 5.70 Å². The van der Waals surface area contributed by atoms with Gasteiger partial charge < -0.3 is 9.47 Å². The Hall–Kier alpha value is -2.55. The van der Waals surface area contributed by atoms with Crippen LogP contribution in [0.1, 0.15) is 29.1 Å². The van der Waals surface area contributed by atoms with Gasteiger partial charge in [0.25, 0.3) is 0 Å². The predicted octanol–water partition coefficient (Wildman–Crippen LogP) is 3.73. The van der Waals surface area contributed by atoms with Gasteiger partial charge >= 0.3 is 0 Å². The van der Waals surface area contributed by atoms with Crippen molar-refractivity contribution in [1.82, 2.24) is 9.47 Å². The Labute approximate surface area is 124 Å². The van der Waals surface area contributed by atoms with Crippen molar-refractivity contribution in [1.29, 1.82) is 0 Å². The fourth-order valence-corrected chi connectivity index (χ4v) is 2.79. The molecule has 3 rings (SSSR count). The van der Waals surface area contributed by atoms with Crippen molar-refractivity contribution in [3.8, 4) is 0 Å². The quantitative estimate of drug-likeness (QED) is 0.483. The van der Waals surface area contributed by atoms with Crippen LogP contribution in [-0.4, -0.2) is 21.8 Å². The van der Waals surface area contributed by atoms with Crippen molar-refractivity contribution in [3.05, 3.63) is 78.6 Å². The van der Waals surface area contributed by atoms with Crippen LogP contribution in [0, 0.1) is 0 Å². The Balaban J connectivity index is 2.00. The van der Waals surface area contributed by atoms with Gasteiger partial charge in [-0.2, -0.15) is 0 Å². The highest BCUT2D eigenvalue weighted by molar-refractivity contribution is 6.08. The number of hydrogen-bond acceptors (Lipinski definition) is 2. The lowest BCUT2D eigenvalue weighted by Gasteiger charge is -2.23. The van der Waals surface area contributed by atoms with Gasteiger partial charge in [-0.05, 0) is 19.1 Å². The third kappa shape index (κ3) is 2.31. The molecular formula is C18H18N2O. The molecule has 0 spiro atoms. The lowest BCUT2D eigenvalue weighted by Crippen LogP contribution is -2.22. The van der Waals surface area contributed by atoms with E-state index >= 15 is 0 Å². The standard InChI is InChI=1S/C18H18N2O/c1-3-11-19-14(2)20-12-7-10-16(20)17(19)13-18(21)15-8-5-4-6-9-15/h3-10,12-14H,1,11H2,2H3. The van der Waals surface area contributed by atoms with E-state index in [0.717, 1.165) is 17.9 Å². The molecule has 3 heteroatoms. The molecule has 106 valence electrons. The van der Waals surface area contributed by atoms with E-state index in [1.807, 2.05) is 54.7 Å². The van der Waals surface area contributed by atoms with E-state index in [2.05, 4.69) is 23.0 Å². The van der Waals surface area contributed by atoms with Gasteiger partial charge in [0.1, 0.15) is 6.17 Å². The molecule has 1 atom stereocenters. The molecule has 0 saturated heterocycles. The summed E-state index contributed by atoms with van der Waals surface area (Å²) in [6.07, 6.45) is 5.84. The maximum Gasteiger partial charge on any atom is 0.187 e. The molecule has 0 fully saturated rings. The van der Waals surface area contributed by atoms with Crippen LogP contribution >= 0.6 is 0 Å². The first-order chi connectivity index (χ1) is 10.2. The van der Waals surface area contributed by atoms with Crippen LogP contribution < -0.4 is 0 Å². The van der Waals surface area contributed by atoms with Gasteiger partial charge in [0.05, 0.1) is 11.4 Å². The van der Waals surface area contributed by atoms with Crippen molar-refractivity contribution in [2.75, 3.05) is 6.54 Å². The number of fused-ring (bicyclic) bond motifs is 1. The first-order valence-electron chi connectivity index (χ1n) is 7.08. The molecule has 1 aromatic carbocycles. The maximum absolute atomic E-state index is 12.5. The van der Waals surface area contributed by atoms with Crippen molar-refractivity contribution in [2.24, 2.45) is 0 Å². The number of benzene rings is 1. The molecule has 2 heterocycles. The summed E-state index contributed by atoms with van der Waals surface area (Å²) in [5.41, 5.74) is 2.75. The Bertz CT molecular complexity index is 697. The normalized spacial score (nSPS) is 18.8. The van der Waals surface area contributed by atoms with Gasteiger partial charge in [-0.3, -0.25) is 4.79 Å². The molecule has 0 saturated carbocycles. The second-order valence-electron chi connectivity index (χ2n) is 5.13. The van der Waals surface area contributed by atoms with E-state index in [-0.39, 0.29) is 11.9 Å². The lowest BCUT2D eigenvalue weighted by molar-refractivity contribution is 0.104. The van der Waals surface area contributed by atoms with Crippen LogP contribution in [0.4, 0.5) is 0 Å². The summed E-state index contributed by atoms with van der Waals surface area (Å²) in [6, 6.07) is 13.4. The topological polar surface area (TPSA) is 25.2 Å². The van der Waals surface area contributed by atoms with E-state index in [1.54, 1.807) is 6.08 Å². The van der Waals surface area contributed by atoms with Crippen LogP contribution in [-0.2, 0) is 0 Å². The second kappa shape index (κ2) is 5.44. The molecule has 21 heavy (non-hydrogen) atoms. The smallest absolute Gasteiger partial charge is 0.187 e. The molecule has 3 nitrogen and oxygen atoms in total. The number of allylic oxidation sites excluding steroid dienone is 1. The predicted molar refractivity (Wildman–Crippen MR) is 84.8 cm³/mol. The molecule has 2 aromatic rings. The van der Waals surface area contributed by atoms with Crippen molar-refractivity contribution >= 4 is 11.5 Å². The van der Waals surface area contributed by atoms with Crippen LogP contribution in [0.5, 0.6) is 0 Å². The molecule has 1 aromatic heterocycles. The van der Waals surface area contributed by atoms with E-state index < -0.39 is 0 Å². The number of carbonyl (C=O) groups is 1. The number of nitrogens with zero attached hydrogens (tertiary/aromatic N) is 2. The van der Waals surface area contributed by atoms with Gasteiger partial charge in [0.15, 0.2) is 5.78 Å². The number of ketones is 1. The Morgan fingerprint density at radius 3 is 2.71 bits per heavy atom. The monoisotopic (exact) mass is 278 g/mol. The summed E-state index contributed by atoms with van der Waals surface area (Å²) >= 11 is 0. The number of aromatic nitrogens is 1. The van der Waals surface area contributed by atoms with Crippen LogP contribution in [0.3, 0.4) is 0 Å². The summed E-state index contributed by atoms with van der Waals surface area (Å²) in [4.78, 5) is 14.6. The minimum absolute atomic E-state index is 0.0292. The van der Waals surface area contributed by atoms with Crippen LogP contribution in [0.15, 0.2) is 67.4 Å². The third-order valence-corrected chi connectivity index (χ3v) is 3.86. The second-order valence-corrected chi connectivity index (χ2v) is 5.13. The summed E-state index contributed by atoms with van der Waals surface area (Å²) in [5.74, 6) is 0.0292. The van der Waals surface area contributed by atoms with Crippen molar-refractivity contribution in [3.63, 3.8) is 0 Å². The van der Waals surface area contributed by atoms with Crippen molar-refractivity contribution in [2.45, 2.75) is 13.1 Å². The van der Waals surface area contributed by atoms with E-state index in [0.29, 0.717) is 5.56 Å². The van der Waals surface area contributed by atoms with Gasteiger partial charge in [-0.15, -0.1) is 6.58 Å². The molecule has 0 amide bonds. The third-order valence-electron chi connectivity index (χ3n) is 3.86. The van der Waals surface area contributed by atoms with Gasteiger partial charge in [-0.1, -0.05) is 36.4 Å². The molecule has 0 aliphatic carbocycles. The first kappa shape index (κ1) is 13.4. The Morgan fingerprint density at radius 1 is 1.24 bits per heavy atom. The highest BCUT2D eigenvalue weighted by atomic mass is 16.1. The van der Waals surface area contributed by atoms with E-state index in [1.165, 1.54) is 0 Å². The average Bonchev–Trinajstić information content (AvgIpc) is 3.07. The molecule has 0 N–H and O–H groups in total. The maximum atomic E-state index is 12.5. The average molecular weight is 278 g/mol. The number of carbonyl (C=O) groups excluding carboxylic acids is 1. The van der Waals surface area contributed by atoms with Gasteiger partial charge in [-0.25, -0.2) is 0 Å². The number of rotatable bonds is 4. The summed E-state index contributed by atoms with van der Waals surface area (Å²) in [5, 5.41) is 0. The first-order valence-corrected chi connectivity index (χ1v) is 7.08. The SMILES string of the molecule is C=CCN1C(=CC(=O)c2ccccc2)c2cccn2C1C. The van der Waals surface area contributed by atoms with Crippen LogP contribution in [0.2, 0.25) is 0 Å². The zero-order valence-electron chi connectivity index (χ0n) is 12.1. The highest BCUT2D eigenvalue weighted by Crippen LogP contribution is 2.35. The molecule has 0 bridgehead atoms. The molecule has 1 aliphatic rings. The molecule has 0 radical (unpaired) electrons. The highest BCUT2D eigenvalue weighted by Gasteiger charge is 2.29. The summed E-state index contributed by atoms with van der Waals surface area (Å²) < 4.78 is 2.17. The fourth-order valence-electron chi connectivity index (χ4n) is 2.79. The fraction of sp³-hybridized carbons (Fsp3) is 0.167. The molecule has 1 unspecified atom stereocenters. The Kier molecular flexibility index (Phi) is 3.48. The lowest BCUT2D eigenvalue weighted by atomic mass is 10.1. The molecule has 1 aliphatic heterocycles. The van der Waals surface area contributed by atoms with Gasteiger partial charge in [0, 0.05) is 24.4 Å². The summed E-state index contributed by atoms with van der Waals surface area (Å²) in [7, 11) is 0. The van der Waals surface area contributed by atoms with E-state index in [9.17, 15) is 4.79 Å². The largest absolute Gasteiger partial charge is 0.346 e. The minimum atomic E-state index is 0.0292. The minimum Gasteiger partial charge on any atom is -0.346 e. The number of hydrogen-bond donors (Lipinski definition) is 0. The van der Waals surface area contributed by atoms with Gasteiger partial charge in [0.2, 0.25) is 0 Å².